The van der Waals surface area contributed by atoms with Crippen LogP contribution in [0.4, 0.5) is 0 Å². The molecule has 1 N–H and O–H groups in total. The van der Waals surface area contributed by atoms with Gasteiger partial charge >= 0.3 is 0 Å². The molecule has 2 aromatic rings. The molecule has 1 saturated heterocycles. The highest BCUT2D eigenvalue weighted by molar-refractivity contribution is 5.94. The SMILES string of the molecule is Cc1cc(C)n(C[C@@H](C)CNC(=O)[C@H]2CCCN(C(=O)c3ccoc3)C2)n1. The van der Waals surface area contributed by atoms with Crippen molar-refractivity contribution in [2.45, 2.75) is 40.2 Å². The molecule has 27 heavy (non-hydrogen) atoms. The molecule has 7 heteroatoms. The smallest absolute Gasteiger partial charge is 0.257 e. The molecule has 0 aromatic carbocycles. The van der Waals surface area contributed by atoms with Gasteiger partial charge in [0.25, 0.3) is 5.91 Å². The third-order valence-corrected chi connectivity index (χ3v) is 5.06. The molecule has 3 rings (SSSR count). The third kappa shape index (κ3) is 4.78. The Bertz CT molecular complexity index is 781. The van der Waals surface area contributed by atoms with E-state index in [1.54, 1.807) is 11.0 Å². The number of hydrogen-bond donors (Lipinski definition) is 1. The van der Waals surface area contributed by atoms with Crippen LogP contribution in [0.1, 0.15) is 41.5 Å². The van der Waals surface area contributed by atoms with E-state index in [0.29, 0.717) is 25.2 Å². The Morgan fingerprint density at radius 2 is 2.22 bits per heavy atom. The lowest BCUT2D eigenvalue weighted by Crippen LogP contribution is -2.46. The zero-order chi connectivity index (χ0) is 19.4. The van der Waals surface area contributed by atoms with Crippen LogP contribution in [-0.2, 0) is 11.3 Å². The van der Waals surface area contributed by atoms with Crippen molar-refractivity contribution in [3.05, 3.63) is 41.6 Å². The van der Waals surface area contributed by atoms with Gasteiger partial charge in [-0.25, -0.2) is 0 Å². The lowest BCUT2D eigenvalue weighted by Gasteiger charge is -2.32. The average Bonchev–Trinajstić information content (AvgIpc) is 3.29. The molecule has 2 atom stereocenters. The molecule has 1 fully saturated rings. The number of piperidine rings is 1. The minimum absolute atomic E-state index is 0.0277. The number of carbonyl (C=O) groups excluding carboxylic acids is 2. The van der Waals surface area contributed by atoms with Gasteiger partial charge < -0.3 is 14.6 Å². The van der Waals surface area contributed by atoms with Crippen molar-refractivity contribution in [1.29, 1.82) is 0 Å². The molecule has 0 radical (unpaired) electrons. The quantitative estimate of drug-likeness (QED) is 0.844. The first-order valence-corrected chi connectivity index (χ1v) is 9.54. The Balaban J connectivity index is 1.48. The van der Waals surface area contributed by atoms with E-state index in [1.807, 2.05) is 18.5 Å². The zero-order valence-electron chi connectivity index (χ0n) is 16.3. The number of hydrogen-bond acceptors (Lipinski definition) is 4. The lowest BCUT2D eigenvalue weighted by molar-refractivity contribution is -0.126. The van der Waals surface area contributed by atoms with Crippen LogP contribution in [0.3, 0.4) is 0 Å². The van der Waals surface area contributed by atoms with Crippen molar-refractivity contribution in [2.24, 2.45) is 11.8 Å². The second-order valence-corrected chi connectivity index (χ2v) is 7.56. The fourth-order valence-electron chi connectivity index (χ4n) is 3.58. The molecule has 2 aromatic heterocycles. The second-order valence-electron chi connectivity index (χ2n) is 7.56. The Labute approximate surface area is 159 Å². The maximum atomic E-state index is 12.6. The van der Waals surface area contributed by atoms with Gasteiger partial charge in [-0.3, -0.25) is 14.3 Å². The molecule has 7 nitrogen and oxygen atoms in total. The second kappa shape index (κ2) is 8.41. The highest BCUT2D eigenvalue weighted by Crippen LogP contribution is 2.19. The van der Waals surface area contributed by atoms with E-state index in [-0.39, 0.29) is 23.7 Å². The number of nitrogens with one attached hydrogen (secondary N) is 1. The molecule has 2 amide bonds. The lowest BCUT2D eigenvalue weighted by atomic mass is 9.96. The number of carbonyl (C=O) groups is 2. The van der Waals surface area contributed by atoms with Gasteiger partial charge in [-0.2, -0.15) is 5.10 Å². The van der Waals surface area contributed by atoms with Crippen LogP contribution in [-0.4, -0.2) is 46.1 Å². The molecule has 1 aliphatic rings. The zero-order valence-corrected chi connectivity index (χ0v) is 16.3. The Hall–Kier alpha value is -2.57. The maximum absolute atomic E-state index is 12.6. The summed E-state index contributed by atoms with van der Waals surface area (Å²) in [6, 6.07) is 3.71. The number of aryl methyl sites for hydroxylation is 2. The molecule has 0 bridgehead atoms. The van der Waals surface area contributed by atoms with Crippen LogP contribution in [0.15, 0.2) is 29.1 Å². The van der Waals surface area contributed by atoms with Gasteiger partial charge in [-0.05, 0) is 44.7 Å². The van der Waals surface area contributed by atoms with Crippen molar-refractivity contribution in [3.63, 3.8) is 0 Å². The van der Waals surface area contributed by atoms with Gasteiger partial charge in [0.15, 0.2) is 0 Å². The van der Waals surface area contributed by atoms with E-state index >= 15 is 0 Å². The fraction of sp³-hybridized carbons (Fsp3) is 0.550. The molecule has 0 saturated carbocycles. The van der Waals surface area contributed by atoms with Crippen LogP contribution in [0.2, 0.25) is 0 Å². The predicted molar refractivity (Wildman–Crippen MR) is 101 cm³/mol. The molecule has 0 spiro atoms. The van der Waals surface area contributed by atoms with Gasteiger partial charge in [-0.1, -0.05) is 6.92 Å². The highest BCUT2D eigenvalue weighted by atomic mass is 16.3. The van der Waals surface area contributed by atoms with E-state index < -0.39 is 0 Å². The minimum Gasteiger partial charge on any atom is -0.472 e. The summed E-state index contributed by atoms with van der Waals surface area (Å²) in [4.78, 5) is 26.8. The summed E-state index contributed by atoms with van der Waals surface area (Å²) in [6.07, 6.45) is 4.59. The summed E-state index contributed by atoms with van der Waals surface area (Å²) in [5.74, 6) is 0.0775. The summed E-state index contributed by atoms with van der Waals surface area (Å²) in [6.45, 7) is 8.64. The predicted octanol–water partition coefficient (Wildman–Crippen LogP) is 2.40. The maximum Gasteiger partial charge on any atom is 0.257 e. The standard InChI is InChI=1S/C20H28N4O3/c1-14(11-24-16(3)9-15(2)22-24)10-21-19(25)17-5-4-7-23(12-17)20(26)18-6-8-27-13-18/h6,8-9,13-14,17H,4-5,7,10-12H2,1-3H3,(H,21,25)/t14-,17-/m0/s1. The van der Waals surface area contributed by atoms with Gasteiger partial charge in [-0.15, -0.1) is 0 Å². The fourth-order valence-corrected chi connectivity index (χ4v) is 3.58. The van der Waals surface area contributed by atoms with E-state index in [4.69, 9.17) is 4.42 Å². The first-order valence-electron chi connectivity index (χ1n) is 9.54. The van der Waals surface area contributed by atoms with Crippen molar-refractivity contribution < 1.29 is 14.0 Å². The van der Waals surface area contributed by atoms with Crippen molar-refractivity contribution in [2.75, 3.05) is 19.6 Å². The van der Waals surface area contributed by atoms with Crippen molar-refractivity contribution in [3.8, 4) is 0 Å². The third-order valence-electron chi connectivity index (χ3n) is 5.06. The monoisotopic (exact) mass is 372 g/mol. The number of amides is 2. The van der Waals surface area contributed by atoms with E-state index in [9.17, 15) is 9.59 Å². The van der Waals surface area contributed by atoms with Crippen LogP contribution in [0.25, 0.3) is 0 Å². The first kappa shape index (κ1) is 19.2. The number of furan rings is 1. The van der Waals surface area contributed by atoms with Crippen LogP contribution in [0.5, 0.6) is 0 Å². The van der Waals surface area contributed by atoms with Crippen LogP contribution < -0.4 is 5.32 Å². The Morgan fingerprint density at radius 3 is 2.89 bits per heavy atom. The van der Waals surface area contributed by atoms with Gasteiger partial charge in [0, 0.05) is 31.9 Å². The van der Waals surface area contributed by atoms with Gasteiger partial charge in [0.05, 0.1) is 23.4 Å². The molecular weight excluding hydrogens is 344 g/mol. The highest BCUT2D eigenvalue weighted by Gasteiger charge is 2.29. The van der Waals surface area contributed by atoms with Crippen LogP contribution >= 0.6 is 0 Å². The Kier molecular flexibility index (Phi) is 5.98. The minimum atomic E-state index is -0.157. The molecular formula is C20H28N4O3. The summed E-state index contributed by atoms with van der Waals surface area (Å²) in [7, 11) is 0. The van der Waals surface area contributed by atoms with E-state index in [2.05, 4.69) is 23.4 Å². The van der Waals surface area contributed by atoms with Crippen LogP contribution in [0, 0.1) is 25.7 Å². The van der Waals surface area contributed by atoms with E-state index in [1.165, 1.54) is 12.5 Å². The molecule has 1 aliphatic heterocycles. The molecule has 0 unspecified atom stereocenters. The number of nitrogens with zero attached hydrogens (tertiary/aromatic N) is 3. The largest absolute Gasteiger partial charge is 0.472 e. The number of aromatic nitrogens is 2. The first-order chi connectivity index (χ1) is 12.9. The average molecular weight is 372 g/mol. The molecule has 3 heterocycles. The normalized spacial score (nSPS) is 18.3. The molecule has 0 aliphatic carbocycles. The topological polar surface area (TPSA) is 80.4 Å². The Morgan fingerprint density at radius 1 is 1.41 bits per heavy atom. The van der Waals surface area contributed by atoms with Crippen molar-refractivity contribution >= 4 is 11.8 Å². The summed E-state index contributed by atoms with van der Waals surface area (Å²) < 4.78 is 6.97. The number of likely N-dealkylation sites (tertiary alicyclic amines) is 1. The molecule has 146 valence electrons. The van der Waals surface area contributed by atoms with Gasteiger partial charge in [0.1, 0.15) is 6.26 Å². The van der Waals surface area contributed by atoms with Crippen molar-refractivity contribution in [1.82, 2.24) is 20.0 Å². The summed E-state index contributed by atoms with van der Waals surface area (Å²) >= 11 is 0. The van der Waals surface area contributed by atoms with E-state index in [0.717, 1.165) is 30.8 Å². The summed E-state index contributed by atoms with van der Waals surface area (Å²) in [5, 5.41) is 7.53. The number of rotatable bonds is 6. The summed E-state index contributed by atoms with van der Waals surface area (Å²) in [5.41, 5.74) is 2.68. The van der Waals surface area contributed by atoms with Gasteiger partial charge in [0.2, 0.25) is 5.91 Å².